The summed E-state index contributed by atoms with van der Waals surface area (Å²) in [6, 6.07) is 8.59. The minimum Gasteiger partial charge on any atom is -0.359 e. The van der Waals surface area contributed by atoms with Crippen molar-refractivity contribution in [2.45, 2.75) is 45.6 Å². The number of carbonyl (C=O) groups excluding carboxylic acids is 1. The van der Waals surface area contributed by atoms with Gasteiger partial charge in [-0.05, 0) is 44.4 Å². The lowest BCUT2D eigenvalue weighted by Crippen LogP contribution is -2.50. The van der Waals surface area contributed by atoms with Gasteiger partial charge in [-0.15, -0.1) is 0 Å². The number of hydrogen-bond donors (Lipinski definition) is 0. The number of hydrogen-bond acceptors (Lipinski definition) is 2. The number of aryl methyl sites for hydroxylation is 1. The second kappa shape index (κ2) is 4.52. The standard InChI is InChI=1S/C15H21NO/c1-4-12-5-7-13(8-6-12)16-11-14(17)9-10-15(16,2)3/h5-8H,4,9-11H2,1-3H3. The van der Waals surface area contributed by atoms with Crippen LogP contribution >= 0.6 is 0 Å². The van der Waals surface area contributed by atoms with Crippen molar-refractivity contribution >= 4 is 11.5 Å². The highest BCUT2D eigenvalue weighted by Crippen LogP contribution is 2.31. The molecule has 2 nitrogen and oxygen atoms in total. The molecule has 2 rings (SSSR count). The predicted molar refractivity (Wildman–Crippen MR) is 71.5 cm³/mol. The van der Waals surface area contributed by atoms with Crippen LogP contribution in [-0.4, -0.2) is 17.9 Å². The zero-order valence-corrected chi connectivity index (χ0v) is 11.0. The van der Waals surface area contributed by atoms with E-state index in [-0.39, 0.29) is 5.54 Å². The first-order valence-corrected chi connectivity index (χ1v) is 6.41. The molecule has 0 saturated carbocycles. The molecule has 0 radical (unpaired) electrons. The molecule has 92 valence electrons. The SMILES string of the molecule is CCc1ccc(N2CC(=O)CCC2(C)C)cc1. The summed E-state index contributed by atoms with van der Waals surface area (Å²) in [5.41, 5.74) is 2.59. The lowest BCUT2D eigenvalue weighted by atomic mass is 9.89. The van der Waals surface area contributed by atoms with E-state index in [1.54, 1.807) is 0 Å². The summed E-state index contributed by atoms with van der Waals surface area (Å²) in [5.74, 6) is 0.351. The van der Waals surface area contributed by atoms with Gasteiger partial charge in [0.25, 0.3) is 0 Å². The lowest BCUT2D eigenvalue weighted by molar-refractivity contribution is -0.119. The van der Waals surface area contributed by atoms with Crippen LogP contribution in [0.25, 0.3) is 0 Å². The Kier molecular flexibility index (Phi) is 3.23. The Morgan fingerprint density at radius 1 is 1.24 bits per heavy atom. The fraction of sp³-hybridized carbons (Fsp3) is 0.533. The molecule has 2 heteroatoms. The molecule has 1 saturated heterocycles. The van der Waals surface area contributed by atoms with Crippen molar-refractivity contribution in [1.29, 1.82) is 0 Å². The summed E-state index contributed by atoms with van der Waals surface area (Å²) in [6.07, 6.45) is 2.72. The fourth-order valence-corrected chi connectivity index (χ4v) is 2.40. The molecule has 1 aromatic rings. The van der Waals surface area contributed by atoms with Crippen LogP contribution in [0, 0.1) is 0 Å². The van der Waals surface area contributed by atoms with E-state index in [9.17, 15) is 4.79 Å². The molecule has 1 fully saturated rings. The molecule has 17 heavy (non-hydrogen) atoms. The van der Waals surface area contributed by atoms with Crippen molar-refractivity contribution in [3.63, 3.8) is 0 Å². The molecule has 1 aromatic carbocycles. The van der Waals surface area contributed by atoms with E-state index >= 15 is 0 Å². The van der Waals surface area contributed by atoms with Crippen LogP contribution in [0.15, 0.2) is 24.3 Å². The van der Waals surface area contributed by atoms with Crippen LogP contribution in [0.4, 0.5) is 5.69 Å². The lowest BCUT2D eigenvalue weighted by Gasteiger charge is -2.43. The van der Waals surface area contributed by atoms with Crippen molar-refractivity contribution in [2.24, 2.45) is 0 Å². The number of piperidine rings is 1. The Hall–Kier alpha value is -1.31. The number of nitrogens with zero attached hydrogens (tertiary/aromatic N) is 1. The second-order valence-electron chi connectivity index (χ2n) is 5.46. The number of anilines is 1. The van der Waals surface area contributed by atoms with Gasteiger partial charge in [0.1, 0.15) is 0 Å². The van der Waals surface area contributed by atoms with Gasteiger partial charge in [-0.1, -0.05) is 19.1 Å². The maximum Gasteiger partial charge on any atom is 0.152 e. The van der Waals surface area contributed by atoms with E-state index < -0.39 is 0 Å². The highest BCUT2D eigenvalue weighted by molar-refractivity contribution is 5.85. The number of carbonyl (C=O) groups is 1. The number of Topliss-reactive ketones (excluding diaryl/α,β-unsaturated/α-hetero) is 1. The monoisotopic (exact) mass is 231 g/mol. The first kappa shape index (κ1) is 12.2. The average molecular weight is 231 g/mol. The first-order valence-electron chi connectivity index (χ1n) is 6.41. The Morgan fingerprint density at radius 3 is 2.47 bits per heavy atom. The summed E-state index contributed by atoms with van der Waals surface area (Å²) in [4.78, 5) is 13.9. The van der Waals surface area contributed by atoms with Crippen LogP contribution in [0.1, 0.15) is 39.2 Å². The van der Waals surface area contributed by atoms with Gasteiger partial charge in [-0.2, -0.15) is 0 Å². The molecular formula is C15H21NO. The highest BCUT2D eigenvalue weighted by Gasteiger charge is 2.33. The molecule has 1 aliphatic heterocycles. The predicted octanol–water partition coefficient (Wildman–Crippen LogP) is 3.20. The summed E-state index contributed by atoms with van der Waals surface area (Å²) in [6.45, 7) is 7.14. The summed E-state index contributed by atoms with van der Waals surface area (Å²) >= 11 is 0. The molecule has 0 aliphatic carbocycles. The molecule has 0 atom stereocenters. The topological polar surface area (TPSA) is 20.3 Å². The van der Waals surface area contributed by atoms with E-state index in [1.807, 2.05) is 0 Å². The van der Waals surface area contributed by atoms with Crippen LogP contribution in [0.3, 0.4) is 0 Å². The van der Waals surface area contributed by atoms with Crippen molar-refractivity contribution in [1.82, 2.24) is 0 Å². The summed E-state index contributed by atoms with van der Waals surface area (Å²) < 4.78 is 0. The van der Waals surface area contributed by atoms with Crippen molar-refractivity contribution in [3.8, 4) is 0 Å². The van der Waals surface area contributed by atoms with Crippen molar-refractivity contribution in [3.05, 3.63) is 29.8 Å². The number of benzene rings is 1. The van der Waals surface area contributed by atoms with E-state index in [2.05, 4.69) is 49.9 Å². The molecule has 1 heterocycles. The third-order valence-electron chi connectivity index (χ3n) is 3.74. The first-order chi connectivity index (χ1) is 8.03. The summed E-state index contributed by atoms with van der Waals surface area (Å²) in [5, 5.41) is 0. The largest absolute Gasteiger partial charge is 0.359 e. The third kappa shape index (κ3) is 2.51. The van der Waals surface area contributed by atoms with Gasteiger partial charge in [0.2, 0.25) is 0 Å². The van der Waals surface area contributed by atoms with Gasteiger partial charge in [-0.3, -0.25) is 4.79 Å². The van der Waals surface area contributed by atoms with Gasteiger partial charge >= 0.3 is 0 Å². The normalized spacial score (nSPS) is 19.5. The van der Waals surface area contributed by atoms with Crippen molar-refractivity contribution in [2.75, 3.05) is 11.4 Å². The van der Waals surface area contributed by atoms with E-state index in [1.165, 1.54) is 11.3 Å². The quantitative estimate of drug-likeness (QED) is 0.779. The molecule has 1 aliphatic rings. The van der Waals surface area contributed by atoms with Crippen LogP contribution in [0.5, 0.6) is 0 Å². The molecule has 0 aromatic heterocycles. The van der Waals surface area contributed by atoms with E-state index in [0.29, 0.717) is 12.3 Å². The molecule has 0 unspecified atom stereocenters. The van der Waals surface area contributed by atoms with Crippen LogP contribution < -0.4 is 4.90 Å². The number of rotatable bonds is 2. The number of ketones is 1. The minimum absolute atomic E-state index is 0.0850. The zero-order valence-electron chi connectivity index (χ0n) is 11.0. The second-order valence-corrected chi connectivity index (χ2v) is 5.46. The third-order valence-corrected chi connectivity index (χ3v) is 3.74. The Labute approximate surface area is 104 Å². The fourth-order valence-electron chi connectivity index (χ4n) is 2.40. The van der Waals surface area contributed by atoms with Gasteiger partial charge in [-0.25, -0.2) is 0 Å². The van der Waals surface area contributed by atoms with Gasteiger partial charge in [0, 0.05) is 17.6 Å². The van der Waals surface area contributed by atoms with E-state index in [4.69, 9.17) is 0 Å². The summed E-state index contributed by atoms with van der Waals surface area (Å²) in [7, 11) is 0. The molecular weight excluding hydrogens is 210 g/mol. The van der Waals surface area contributed by atoms with Crippen LogP contribution in [-0.2, 0) is 11.2 Å². The maximum atomic E-state index is 11.6. The maximum absolute atomic E-state index is 11.6. The van der Waals surface area contributed by atoms with Gasteiger partial charge in [0.05, 0.1) is 6.54 Å². The van der Waals surface area contributed by atoms with Crippen molar-refractivity contribution < 1.29 is 4.79 Å². The van der Waals surface area contributed by atoms with E-state index in [0.717, 1.165) is 19.3 Å². The molecule has 0 spiro atoms. The molecule has 0 amide bonds. The smallest absolute Gasteiger partial charge is 0.152 e. The Balaban J connectivity index is 2.26. The Morgan fingerprint density at radius 2 is 1.88 bits per heavy atom. The van der Waals surface area contributed by atoms with Gasteiger partial charge in [0.15, 0.2) is 5.78 Å². The Bertz CT molecular complexity index is 405. The molecule has 0 N–H and O–H groups in total. The van der Waals surface area contributed by atoms with Crippen LogP contribution in [0.2, 0.25) is 0 Å². The average Bonchev–Trinajstić information content (AvgIpc) is 2.33. The van der Waals surface area contributed by atoms with Gasteiger partial charge < -0.3 is 4.90 Å². The highest BCUT2D eigenvalue weighted by atomic mass is 16.1. The zero-order chi connectivity index (χ0) is 12.5. The molecule has 0 bridgehead atoms. The minimum atomic E-state index is 0.0850.